The van der Waals surface area contributed by atoms with E-state index in [0.717, 1.165) is 47.6 Å². The SMILES string of the molecule is COc1ccc(C(=O)NC[C@@H]2CCCCN2C(=O)c2nc(C3CC3)sc2-c2ccccc2)cc1OC. The maximum atomic E-state index is 13.9. The molecule has 3 aromatic rings. The summed E-state index contributed by atoms with van der Waals surface area (Å²) >= 11 is 1.65. The van der Waals surface area contributed by atoms with Crippen LogP contribution in [-0.4, -0.2) is 55.0 Å². The van der Waals surface area contributed by atoms with E-state index in [1.807, 2.05) is 35.2 Å². The number of carbonyl (C=O) groups excluding carboxylic acids is 2. The van der Waals surface area contributed by atoms with Gasteiger partial charge in [0.05, 0.1) is 24.1 Å². The van der Waals surface area contributed by atoms with E-state index in [2.05, 4.69) is 5.32 Å². The summed E-state index contributed by atoms with van der Waals surface area (Å²) in [7, 11) is 3.10. The minimum absolute atomic E-state index is 0.0398. The molecule has 0 radical (unpaired) electrons. The van der Waals surface area contributed by atoms with Crippen molar-refractivity contribution < 1.29 is 19.1 Å². The van der Waals surface area contributed by atoms with Crippen LogP contribution in [0.2, 0.25) is 0 Å². The van der Waals surface area contributed by atoms with E-state index in [1.165, 1.54) is 0 Å². The number of aromatic nitrogens is 1. The van der Waals surface area contributed by atoms with E-state index in [-0.39, 0.29) is 17.9 Å². The van der Waals surface area contributed by atoms with Crippen molar-refractivity contribution in [1.29, 1.82) is 0 Å². The molecule has 0 bridgehead atoms. The summed E-state index contributed by atoms with van der Waals surface area (Å²) in [6, 6.07) is 15.1. The molecule has 5 rings (SSSR count). The fraction of sp³-hybridized carbons (Fsp3) is 0.393. The minimum Gasteiger partial charge on any atom is -0.493 e. The predicted octanol–water partition coefficient (Wildman–Crippen LogP) is 5.13. The molecule has 1 aliphatic carbocycles. The largest absolute Gasteiger partial charge is 0.493 e. The maximum absolute atomic E-state index is 13.9. The monoisotopic (exact) mass is 505 g/mol. The first-order chi connectivity index (χ1) is 17.6. The Morgan fingerprint density at radius 2 is 1.81 bits per heavy atom. The summed E-state index contributed by atoms with van der Waals surface area (Å²) < 4.78 is 10.6. The molecule has 8 heteroatoms. The molecular weight excluding hydrogens is 474 g/mol. The second kappa shape index (κ2) is 10.7. The van der Waals surface area contributed by atoms with Crippen LogP contribution in [0.1, 0.15) is 63.9 Å². The number of hydrogen-bond acceptors (Lipinski definition) is 6. The van der Waals surface area contributed by atoms with Gasteiger partial charge in [0.1, 0.15) is 5.69 Å². The molecule has 1 aliphatic heterocycles. The fourth-order valence-electron chi connectivity index (χ4n) is 4.68. The van der Waals surface area contributed by atoms with Gasteiger partial charge in [-0.15, -0.1) is 11.3 Å². The smallest absolute Gasteiger partial charge is 0.274 e. The Hall–Kier alpha value is -3.39. The number of thiazole rings is 1. The van der Waals surface area contributed by atoms with Gasteiger partial charge in [-0.1, -0.05) is 30.3 Å². The van der Waals surface area contributed by atoms with E-state index < -0.39 is 0 Å². The van der Waals surface area contributed by atoms with Crippen LogP contribution >= 0.6 is 11.3 Å². The van der Waals surface area contributed by atoms with Gasteiger partial charge in [0.2, 0.25) is 0 Å². The van der Waals surface area contributed by atoms with Crippen LogP contribution in [-0.2, 0) is 0 Å². The Bertz CT molecular complexity index is 1240. The summed E-state index contributed by atoms with van der Waals surface area (Å²) in [5.74, 6) is 1.31. The van der Waals surface area contributed by atoms with Crippen LogP contribution in [0.3, 0.4) is 0 Å². The minimum atomic E-state index is -0.205. The lowest BCUT2D eigenvalue weighted by Crippen LogP contribution is -2.49. The van der Waals surface area contributed by atoms with Gasteiger partial charge in [0.15, 0.2) is 11.5 Å². The van der Waals surface area contributed by atoms with E-state index in [4.69, 9.17) is 14.5 Å². The summed E-state index contributed by atoms with van der Waals surface area (Å²) in [5, 5.41) is 4.09. The van der Waals surface area contributed by atoms with Crippen LogP contribution in [0, 0.1) is 0 Å². The average Bonchev–Trinajstić information content (AvgIpc) is 3.69. The molecule has 1 aromatic heterocycles. The molecule has 2 fully saturated rings. The molecule has 188 valence electrons. The van der Waals surface area contributed by atoms with Crippen LogP contribution in [0.25, 0.3) is 10.4 Å². The van der Waals surface area contributed by atoms with Gasteiger partial charge in [0.25, 0.3) is 11.8 Å². The van der Waals surface area contributed by atoms with Crippen molar-refractivity contribution in [1.82, 2.24) is 15.2 Å². The van der Waals surface area contributed by atoms with Gasteiger partial charge in [-0.05, 0) is 55.9 Å². The second-order valence-electron chi connectivity index (χ2n) is 9.30. The van der Waals surface area contributed by atoms with Crippen molar-refractivity contribution in [2.45, 2.75) is 44.1 Å². The van der Waals surface area contributed by atoms with Crippen molar-refractivity contribution in [2.24, 2.45) is 0 Å². The highest BCUT2D eigenvalue weighted by atomic mass is 32.1. The zero-order valence-electron chi connectivity index (χ0n) is 20.7. The summed E-state index contributed by atoms with van der Waals surface area (Å²) in [6.45, 7) is 1.06. The lowest BCUT2D eigenvalue weighted by atomic mass is 10.0. The molecule has 0 unspecified atom stereocenters. The zero-order chi connectivity index (χ0) is 25.1. The highest BCUT2D eigenvalue weighted by molar-refractivity contribution is 7.15. The van der Waals surface area contributed by atoms with Crippen molar-refractivity contribution >= 4 is 23.2 Å². The zero-order valence-corrected chi connectivity index (χ0v) is 21.5. The third kappa shape index (κ3) is 5.09. The number of hydrogen-bond donors (Lipinski definition) is 1. The van der Waals surface area contributed by atoms with E-state index >= 15 is 0 Å². The normalized spacial score (nSPS) is 17.5. The first-order valence-corrected chi connectivity index (χ1v) is 13.3. The molecule has 1 N–H and O–H groups in total. The quantitative estimate of drug-likeness (QED) is 0.459. The first-order valence-electron chi connectivity index (χ1n) is 12.5. The molecule has 2 heterocycles. The average molecular weight is 506 g/mol. The van der Waals surface area contributed by atoms with Gasteiger partial charge in [0, 0.05) is 30.6 Å². The molecule has 1 saturated carbocycles. The Labute approximate surface area is 215 Å². The van der Waals surface area contributed by atoms with Gasteiger partial charge in [-0.3, -0.25) is 9.59 Å². The van der Waals surface area contributed by atoms with Gasteiger partial charge < -0.3 is 19.7 Å². The van der Waals surface area contributed by atoms with E-state index in [0.29, 0.717) is 41.8 Å². The molecule has 2 amide bonds. The Kier molecular flexibility index (Phi) is 7.23. The van der Waals surface area contributed by atoms with E-state index in [9.17, 15) is 9.59 Å². The Balaban J connectivity index is 1.34. The standard InChI is InChI=1S/C28H31N3O4S/c1-34-22-14-13-20(16-23(22)35-2)26(32)29-17-21-10-6-7-15-31(21)28(33)24-25(18-8-4-3-5-9-18)36-27(30-24)19-11-12-19/h3-5,8-9,13-14,16,19,21H,6-7,10-12,15,17H2,1-2H3,(H,29,32)/t21-/m0/s1. The molecule has 0 spiro atoms. The highest BCUT2D eigenvalue weighted by Crippen LogP contribution is 2.45. The molecule has 2 aliphatic rings. The van der Waals surface area contributed by atoms with Crippen LogP contribution in [0.15, 0.2) is 48.5 Å². The number of methoxy groups -OCH3 is 2. The van der Waals surface area contributed by atoms with Crippen molar-refractivity contribution in [3.05, 3.63) is 64.8 Å². The third-order valence-electron chi connectivity index (χ3n) is 6.84. The molecule has 1 atom stereocenters. The van der Waals surface area contributed by atoms with Gasteiger partial charge in [-0.2, -0.15) is 0 Å². The number of piperidine rings is 1. The van der Waals surface area contributed by atoms with Crippen LogP contribution in [0.5, 0.6) is 11.5 Å². The van der Waals surface area contributed by atoms with Crippen molar-refractivity contribution in [3.63, 3.8) is 0 Å². The number of likely N-dealkylation sites (tertiary alicyclic amines) is 1. The predicted molar refractivity (Wildman–Crippen MR) is 140 cm³/mol. The molecule has 7 nitrogen and oxygen atoms in total. The Morgan fingerprint density at radius 3 is 2.53 bits per heavy atom. The number of rotatable bonds is 8. The first kappa shape index (κ1) is 24.3. The molecule has 2 aromatic carbocycles. The summed E-state index contributed by atoms with van der Waals surface area (Å²) in [5.41, 5.74) is 2.06. The highest BCUT2D eigenvalue weighted by Gasteiger charge is 2.34. The molecule has 36 heavy (non-hydrogen) atoms. The van der Waals surface area contributed by atoms with Gasteiger partial charge >= 0.3 is 0 Å². The number of benzene rings is 2. The molecular formula is C28H31N3O4S. The Morgan fingerprint density at radius 1 is 1.03 bits per heavy atom. The number of carbonyl (C=O) groups is 2. The number of amides is 2. The van der Waals surface area contributed by atoms with Crippen molar-refractivity contribution in [3.8, 4) is 21.9 Å². The van der Waals surface area contributed by atoms with Crippen LogP contribution in [0.4, 0.5) is 0 Å². The summed E-state index contributed by atoms with van der Waals surface area (Å²) in [6.07, 6.45) is 5.11. The number of nitrogens with zero attached hydrogens (tertiary/aromatic N) is 2. The lowest BCUT2D eigenvalue weighted by molar-refractivity contribution is 0.0598. The fourth-order valence-corrected chi connectivity index (χ4v) is 5.91. The lowest BCUT2D eigenvalue weighted by Gasteiger charge is -2.35. The number of nitrogens with one attached hydrogen (secondary N) is 1. The second-order valence-corrected chi connectivity index (χ2v) is 10.3. The van der Waals surface area contributed by atoms with E-state index in [1.54, 1.807) is 43.8 Å². The third-order valence-corrected chi connectivity index (χ3v) is 8.11. The summed E-state index contributed by atoms with van der Waals surface area (Å²) in [4.78, 5) is 34.5. The number of ether oxygens (including phenoxy) is 2. The molecule has 1 saturated heterocycles. The van der Waals surface area contributed by atoms with Crippen molar-refractivity contribution in [2.75, 3.05) is 27.3 Å². The topological polar surface area (TPSA) is 80.8 Å². The van der Waals surface area contributed by atoms with Crippen LogP contribution < -0.4 is 14.8 Å². The maximum Gasteiger partial charge on any atom is 0.274 e. The van der Waals surface area contributed by atoms with Gasteiger partial charge in [-0.25, -0.2) is 4.98 Å².